The van der Waals surface area contributed by atoms with Crippen LogP contribution >= 0.6 is 0 Å². The normalized spacial score (nSPS) is 11.4. The number of rotatable bonds is 2. The summed E-state index contributed by atoms with van der Waals surface area (Å²) in [5.74, 6) is 2.23. The molecule has 1 rings (SSSR count). The molecule has 11 heavy (non-hydrogen) atoms. The summed E-state index contributed by atoms with van der Waals surface area (Å²) in [6.45, 7) is 1.39. The van der Waals surface area contributed by atoms with Crippen molar-refractivity contribution >= 4 is 9.84 Å². The molecule has 0 N–H and O–H groups in total. The van der Waals surface area contributed by atoms with E-state index in [9.17, 15) is 8.42 Å². The molecule has 0 bridgehead atoms. The van der Waals surface area contributed by atoms with E-state index in [0.717, 1.165) is 0 Å². The van der Waals surface area contributed by atoms with E-state index < -0.39 is 9.84 Å². The van der Waals surface area contributed by atoms with Crippen molar-refractivity contribution in [3.05, 3.63) is 36.1 Å². The van der Waals surface area contributed by atoms with Gasteiger partial charge in [0.05, 0.1) is 4.90 Å². The zero-order valence-electron chi connectivity index (χ0n) is 6.11. The molecule has 2 radical (unpaired) electrons. The Kier molecular flexibility index (Phi) is 2.29. The highest BCUT2D eigenvalue weighted by Crippen LogP contribution is 2.11. The van der Waals surface area contributed by atoms with Crippen molar-refractivity contribution in [2.24, 2.45) is 0 Å². The predicted octanol–water partition coefficient (Wildman–Crippen LogP) is 1.52. The summed E-state index contributed by atoms with van der Waals surface area (Å²) in [6, 6.07) is 8.24. The van der Waals surface area contributed by atoms with Gasteiger partial charge in [0.2, 0.25) is 0 Å². The highest BCUT2D eigenvalue weighted by molar-refractivity contribution is 7.93. The van der Waals surface area contributed by atoms with Crippen LogP contribution < -0.4 is 0 Å². The Labute approximate surface area is 66.8 Å². The second-order valence-electron chi connectivity index (χ2n) is 2.02. The quantitative estimate of drug-likeness (QED) is 0.671. The first kappa shape index (κ1) is 8.27. The minimum Gasteiger partial charge on any atom is -0.223 e. The van der Waals surface area contributed by atoms with Crippen molar-refractivity contribution in [3.8, 4) is 0 Å². The molecule has 0 spiro atoms. The van der Waals surface area contributed by atoms with Crippen LogP contribution in [0.1, 0.15) is 6.92 Å². The minimum atomic E-state index is -3.25. The molecule has 0 aliphatic carbocycles. The third-order valence-corrected chi connectivity index (χ3v) is 2.75. The molecule has 0 heterocycles. The van der Waals surface area contributed by atoms with Crippen molar-refractivity contribution in [1.82, 2.24) is 0 Å². The fourth-order valence-corrected chi connectivity index (χ4v) is 1.47. The average molecular weight is 168 g/mol. The van der Waals surface area contributed by atoms with Gasteiger partial charge in [-0.25, -0.2) is 8.42 Å². The standard InChI is InChI=1S/C8H8O2S/c1-2-11(9,10)8-6-4-3-5-7-8/h3-7H,1H3. The Morgan fingerprint density at radius 2 is 1.73 bits per heavy atom. The number of benzene rings is 1. The number of hydrogen-bond acceptors (Lipinski definition) is 2. The van der Waals surface area contributed by atoms with Gasteiger partial charge in [-0.2, -0.15) is 0 Å². The van der Waals surface area contributed by atoms with E-state index in [1.54, 1.807) is 30.3 Å². The molecule has 0 fully saturated rings. The molecular formula is C8H8O2S. The van der Waals surface area contributed by atoms with Gasteiger partial charge in [0.15, 0.2) is 9.84 Å². The van der Waals surface area contributed by atoms with Crippen LogP contribution in [0.5, 0.6) is 0 Å². The smallest absolute Gasteiger partial charge is 0.187 e. The molecule has 0 saturated heterocycles. The van der Waals surface area contributed by atoms with E-state index in [2.05, 4.69) is 5.75 Å². The molecular weight excluding hydrogens is 160 g/mol. The molecule has 0 aliphatic rings. The van der Waals surface area contributed by atoms with Crippen molar-refractivity contribution < 1.29 is 8.42 Å². The van der Waals surface area contributed by atoms with Gasteiger partial charge in [-0.05, 0) is 19.1 Å². The molecule has 0 amide bonds. The van der Waals surface area contributed by atoms with E-state index in [-0.39, 0.29) is 0 Å². The maximum atomic E-state index is 11.1. The molecule has 1 aromatic rings. The van der Waals surface area contributed by atoms with Crippen LogP contribution in [0.4, 0.5) is 0 Å². The Bertz CT molecular complexity index is 313. The van der Waals surface area contributed by atoms with Crippen LogP contribution in [0.3, 0.4) is 0 Å². The highest BCUT2D eigenvalue weighted by Gasteiger charge is 2.10. The van der Waals surface area contributed by atoms with Gasteiger partial charge in [0.1, 0.15) is 5.75 Å². The summed E-state index contributed by atoms with van der Waals surface area (Å²) in [6.07, 6.45) is 0. The SMILES string of the molecule is C[C]S(=O)(=O)c1ccccc1. The Morgan fingerprint density at radius 1 is 1.18 bits per heavy atom. The fourth-order valence-electron chi connectivity index (χ4n) is 0.717. The third kappa shape index (κ3) is 1.80. The largest absolute Gasteiger partial charge is 0.223 e. The van der Waals surface area contributed by atoms with Gasteiger partial charge in [-0.3, -0.25) is 0 Å². The first-order chi connectivity index (χ1) is 5.17. The molecule has 1 aromatic carbocycles. The maximum absolute atomic E-state index is 11.1. The third-order valence-electron chi connectivity index (χ3n) is 1.32. The van der Waals surface area contributed by atoms with E-state index in [1.807, 2.05) is 0 Å². The summed E-state index contributed by atoms with van der Waals surface area (Å²) in [5, 5.41) is 0. The lowest BCUT2D eigenvalue weighted by Gasteiger charge is -1.97. The molecule has 0 aliphatic heterocycles. The van der Waals surface area contributed by atoms with Gasteiger partial charge in [0.25, 0.3) is 0 Å². The summed E-state index contributed by atoms with van der Waals surface area (Å²) in [7, 11) is -3.25. The van der Waals surface area contributed by atoms with Gasteiger partial charge in [-0.1, -0.05) is 18.2 Å². The van der Waals surface area contributed by atoms with Gasteiger partial charge < -0.3 is 0 Å². The van der Waals surface area contributed by atoms with Gasteiger partial charge in [-0.15, -0.1) is 0 Å². The lowest BCUT2D eigenvalue weighted by Crippen LogP contribution is -1.97. The topological polar surface area (TPSA) is 34.1 Å². The van der Waals surface area contributed by atoms with Crippen molar-refractivity contribution in [1.29, 1.82) is 0 Å². The summed E-state index contributed by atoms with van der Waals surface area (Å²) < 4.78 is 22.2. The van der Waals surface area contributed by atoms with E-state index in [0.29, 0.717) is 4.90 Å². The molecule has 0 saturated carbocycles. The monoisotopic (exact) mass is 168 g/mol. The van der Waals surface area contributed by atoms with E-state index >= 15 is 0 Å². The van der Waals surface area contributed by atoms with E-state index in [1.165, 1.54) is 6.92 Å². The van der Waals surface area contributed by atoms with Crippen molar-refractivity contribution in [2.75, 3.05) is 0 Å². The minimum absolute atomic E-state index is 0.294. The zero-order chi connectivity index (χ0) is 8.32. The van der Waals surface area contributed by atoms with Gasteiger partial charge in [0, 0.05) is 0 Å². The van der Waals surface area contributed by atoms with Crippen LogP contribution in [0.25, 0.3) is 0 Å². The molecule has 2 nitrogen and oxygen atoms in total. The van der Waals surface area contributed by atoms with Crippen molar-refractivity contribution in [3.63, 3.8) is 0 Å². The Hall–Kier alpha value is -0.830. The maximum Gasteiger partial charge on any atom is 0.187 e. The van der Waals surface area contributed by atoms with Gasteiger partial charge >= 0.3 is 0 Å². The van der Waals surface area contributed by atoms with Crippen molar-refractivity contribution in [2.45, 2.75) is 11.8 Å². The molecule has 0 aromatic heterocycles. The van der Waals surface area contributed by atoms with Crippen LogP contribution in [0.2, 0.25) is 0 Å². The Morgan fingerprint density at radius 3 is 2.18 bits per heavy atom. The lowest BCUT2D eigenvalue weighted by atomic mass is 10.4. The molecule has 58 valence electrons. The molecule has 0 unspecified atom stereocenters. The second kappa shape index (κ2) is 3.05. The fraction of sp³-hybridized carbons (Fsp3) is 0.125. The Balaban J connectivity index is 3.14. The van der Waals surface area contributed by atoms with Crippen LogP contribution in [-0.4, -0.2) is 8.42 Å². The van der Waals surface area contributed by atoms with Crippen LogP contribution in [0, 0.1) is 5.75 Å². The first-order valence-corrected chi connectivity index (χ1v) is 4.64. The molecule has 0 atom stereocenters. The second-order valence-corrected chi connectivity index (χ2v) is 3.91. The summed E-state index contributed by atoms with van der Waals surface area (Å²) >= 11 is 0. The highest BCUT2D eigenvalue weighted by atomic mass is 32.2. The van der Waals surface area contributed by atoms with E-state index in [4.69, 9.17) is 0 Å². The molecule has 3 heteroatoms. The zero-order valence-corrected chi connectivity index (χ0v) is 6.93. The van der Waals surface area contributed by atoms with Crippen LogP contribution in [0.15, 0.2) is 35.2 Å². The first-order valence-electron chi connectivity index (χ1n) is 3.15. The summed E-state index contributed by atoms with van der Waals surface area (Å²) in [4.78, 5) is 0.294. The lowest BCUT2D eigenvalue weighted by molar-refractivity contribution is 0.601. The van der Waals surface area contributed by atoms with Crippen LogP contribution in [-0.2, 0) is 9.84 Å². The summed E-state index contributed by atoms with van der Waals surface area (Å²) in [5.41, 5.74) is 0. The average Bonchev–Trinajstić information content (AvgIpc) is 2.06. The number of sulfone groups is 1. The predicted molar refractivity (Wildman–Crippen MR) is 42.5 cm³/mol. The number of hydrogen-bond donors (Lipinski definition) is 0.